The first-order valence-electron chi connectivity index (χ1n) is 6.24. The maximum absolute atomic E-state index is 12.6. The van der Waals surface area contributed by atoms with E-state index >= 15 is 0 Å². The molecule has 0 aromatic carbocycles. The van der Waals surface area contributed by atoms with Crippen LogP contribution in [-0.2, 0) is 4.74 Å². The van der Waals surface area contributed by atoms with Crippen molar-refractivity contribution in [1.29, 1.82) is 0 Å². The highest BCUT2D eigenvalue weighted by atomic mass is 32.1. The Morgan fingerprint density at radius 3 is 2.53 bits per heavy atom. The zero-order valence-electron chi connectivity index (χ0n) is 10.8. The highest BCUT2D eigenvalue weighted by Crippen LogP contribution is 2.37. The molecule has 0 amide bonds. The lowest BCUT2D eigenvalue weighted by atomic mass is 9.77. The molecular weight excluding hydrogens is 232 g/mol. The van der Waals surface area contributed by atoms with Crippen molar-refractivity contribution >= 4 is 17.1 Å². The number of ketones is 1. The van der Waals surface area contributed by atoms with Gasteiger partial charge in [0.25, 0.3) is 0 Å². The number of ether oxygens (including phenoxy) is 1. The number of thiophene rings is 1. The molecule has 0 unspecified atom stereocenters. The van der Waals surface area contributed by atoms with Crippen molar-refractivity contribution in [3.8, 4) is 0 Å². The summed E-state index contributed by atoms with van der Waals surface area (Å²) < 4.78 is 5.61. The first-order chi connectivity index (χ1) is 8.07. The zero-order valence-corrected chi connectivity index (χ0v) is 11.6. The minimum Gasteiger partial charge on any atom is -0.370 e. The molecule has 1 saturated carbocycles. The molecule has 0 spiro atoms. The van der Waals surface area contributed by atoms with Gasteiger partial charge in [0.1, 0.15) is 5.60 Å². The maximum atomic E-state index is 12.6. The summed E-state index contributed by atoms with van der Waals surface area (Å²) >= 11 is 1.57. The second-order valence-electron chi connectivity index (χ2n) is 5.12. The van der Waals surface area contributed by atoms with Gasteiger partial charge < -0.3 is 4.74 Å². The molecule has 0 bridgehead atoms. The minimum absolute atomic E-state index is 0.185. The van der Waals surface area contributed by atoms with E-state index in [1.807, 2.05) is 19.1 Å². The summed E-state index contributed by atoms with van der Waals surface area (Å²) in [5.41, 5.74) is -0.552. The van der Waals surface area contributed by atoms with Gasteiger partial charge in [-0.3, -0.25) is 4.79 Å². The fourth-order valence-electron chi connectivity index (χ4n) is 2.53. The molecule has 17 heavy (non-hydrogen) atoms. The topological polar surface area (TPSA) is 26.3 Å². The molecule has 0 atom stereocenters. The normalized spacial score (nSPS) is 29.2. The van der Waals surface area contributed by atoms with Crippen LogP contribution < -0.4 is 0 Å². The van der Waals surface area contributed by atoms with Crippen molar-refractivity contribution in [2.24, 2.45) is 5.92 Å². The lowest BCUT2D eigenvalue weighted by Gasteiger charge is -2.36. The van der Waals surface area contributed by atoms with E-state index in [1.165, 1.54) is 4.88 Å². The number of methoxy groups -OCH3 is 1. The minimum atomic E-state index is -0.552. The Balaban J connectivity index is 2.21. The summed E-state index contributed by atoms with van der Waals surface area (Å²) in [5, 5.41) is 0. The van der Waals surface area contributed by atoms with Crippen molar-refractivity contribution in [3.63, 3.8) is 0 Å². The van der Waals surface area contributed by atoms with Crippen molar-refractivity contribution in [2.45, 2.75) is 45.1 Å². The third-order valence-corrected chi connectivity index (χ3v) is 4.85. The van der Waals surface area contributed by atoms with E-state index in [1.54, 1.807) is 18.4 Å². The summed E-state index contributed by atoms with van der Waals surface area (Å²) in [6.45, 7) is 4.28. The standard InChI is InChI=1S/C14H20O2S/c1-10-6-8-14(16-3,9-7-10)13(15)12-5-4-11(2)17-12/h4-5,10H,6-9H2,1-3H3. The van der Waals surface area contributed by atoms with Crippen LogP contribution in [0.25, 0.3) is 0 Å². The van der Waals surface area contributed by atoms with Crippen LogP contribution in [0.3, 0.4) is 0 Å². The van der Waals surface area contributed by atoms with Crippen molar-refractivity contribution in [2.75, 3.05) is 7.11 Å². The smallest absolute Gasteiger partial charge is 0.204 e. The highest BCUT2D eigenvalue weighted by molar-refractivity contribution is 7.14. The van der Waals surface area contributed by atoms with Crippen LogP contribution in [-0.4, -0.2) is 18.5 Å². The van der Waals surface area contributed by atoms with E-state index in [2.05, 4.69) is 6.92 Å². The average Bonchev–Trinajstić information content (AvgIpc) is 2.76. The van der Waals surface area contributed by atoms with E-state index in [-0.39, 0.29) is 5.78 Å². The fraction of sp³-hybridized carbons (Fsp3) is 0.643. The Labute approximate surface area is 107 Å². The molecule has 1 aliphatic rings. The van der Waals surface area contributed by atoms with E-state index in [9.17, 15) is 4.79 Å². The van der Waals surface area contributed by atoms with Gasteiger partial charge in [-0.05, 0) is 50.7 Å². The molecule has 1 fully saturated rings. The van der Waals surface area contributed by atoms with Crippen molar-refractivity contribution in [1.82, 2.24) is 0 Å². The molecule has 0 radical (unpaired) electrons. The SMILES string of the molecule is COC1(C(=O)c2ccc(C)s2)CCC(C)CC1. The maximum Gasteiger partial charge on any atom is 0.204 e. The largest absolute Gasteiger partial charge is 0.370 e. The van der Waals surface area contributed by atoms with Crippen LogP contribution in [0.2, 0.25) is 0 Å². The summed E-state index contributed by atoms with van der Waals surface area (Å²) in [4.78, 5) is 14.6. The predicted molar refractivity (Wildman–Crippen MR) is 70.8 cm³/mol. The van der Waals surface area contributed by atoms with E-state index in [0.29, 0.717) is 0 Å². The molecular formula is C14H20O2S. The molecule has 1 aliphatic carbocycles. The van der Waals surface area contributed by atoms with E-state index in [0.717, 1.165) is 36.5 Å². The molecule has 2 nitrogen and oxygen atoms in total. The van der Waals surface area contributed by atoms with E-state index < -0.39 is 5.60 Å². The Morgan fingerprint density at radius 2 is 2.06 bits per heavy atom. The third-order valence-electron chi connectivity index (χ3n) is 3.85. The number of hydrogen-bond donors (Lipinski definition) is 0. The monoisotopic (exact) mass is 252 g/mol. The third kappa shape index (κ3) is 2.45. The molecule has 0 saturated heterocycles. The van der Waals surface area contributed by atoms with Gasteiger partial charge in [-0.2, -0.15) is 0 Å². The van der Waals surface area contributed by atoms with Gasteiger partial charge >= 0.3 is 0 Å². The van der Waals surface area contributed by atoms with Crippen LogP contribution in [0.5, 0.6) is 0 Å². The predicted octanol–water partition coefficient (Wildman–Crippen LogP) is 3.83. The first kappa shape index (κ1) is 12.8. The van der Waals surface area contributed by atoms with Gasteiger partial charge in [-0.25, -0.2) is 0 Å². The van der Waals surface area contributed by atoms with Crippen LogP contribution in [0.4, 0.5) is 0 Å². The number of carbonyl (C=O) groups excluding carboxylic acids is 1. The quantitative estimate of drug-likeness (QED) is 0.764. The molecule has 94 valence electrons. The summed E-state index contributed by atoms with van der Waals surface area (Å²) in [7, 11) is 1.67. The van der Waals surface area contributed by atoms with Gasteiger partial charge in [0.15, 0.2) is 0 Å². The number of aryl methyl sites for hydroxylation is 1. The van der Waals surface area contributed by atoms with Crippen LogP contribution in [0.15, 0.2) is 12.1 Å². The average molecular weight is 252 g/mol. The molecule has 0 N–H and O–H groups in total. The van der Waals surface area contributed by atoms with Crippen LogP contribution >= 0.6 is 11.3 Å². The van der Waals surface area contributed by atoms with Gasteiger partial charge in [-0.1, -0.05) is 6.92 Å². The molecule has 2 rings (SSSR count). The second kappa shape index (κ2) is 4.91. The van der Waals surface area contributed by atoms with Crippen molar-refractivity contribution in [3.05, 3.63) is 21.9 Å². The lowest BCUT2D eigenvalue weighted by Crippen LogP contribution is -2.43. The molecule has 3 heteroatoms. The molecule has 0 aliphatic heterocycles. The fourth-order valence-corrected chi connectivity index (χ4v) is 3.43. The number of carbonyl (C=O) groups is 1. The van der Waals surface area contributed by atoms with Gasteiger partial charge in [0.05, 0.1) is 4.88 Å². The van der Waals surface area contributed by atoms with Crippen LogP contribution in [0, 0.1) is 12.8 Å². The Hall–Kier alpha value is -0.670. The number of Topliss-reactive ketones (excluding diaryl/α,β-unsaturated/α-hetero) is 1. The number of hydrogen-bond acceptors (Lipinski definition) is 3. The molecule has 1 aromatic rings. The Bertz CT molecular complexity index is 400. The lowest BCUT2D eigenvalue weighted by molar-refractivity contribution is -0.0260. The number of rotatable bonds is 3. The zero-order chi connectivity index (χ0) is 12.5. The summed E-state index contributed by atoms with van der Waals surface area (Å²) in [6.07, 6.45) is 3.90. The van der Waals surface area contributed by atoms with E-state index in [4.69, 9.17) is 4.74 Å². The van der Waals surface area contributed by atoms with Crippen LogP contribution in [0.1, 0.15) is 47.2 Å². The first-order valence-corrected chi connectivity index (χ1v) is 7.05. The van der Waals surface area contributed by atoms with Crippen molar-refractivity contribution < 1.29 is 9.53 Å². The summed E-state index contributed by atoms with van der Waals surface area (Å²) in [5.74, 6) is 0.904. The van der Waals surface area contributed by atoms with Gasteiger partial charge in [0.2, 0.25) is 5.78 Å². The molecule has 1 aromatic heterocycles. The Morgan fingerprint density at radius 1 is 1.41 bits per heavy atom. The highest BCUT2D eigenvalue weighted by Gasteiger charge is 2.41. The second-order valence-corrected chi connectivity index (χ2v) is 6.41. The molecule has 1 heterocycles. The van der Waals surface area contributed by atoms with Gasteiger partial charge in [-0.15, -0.1) is 11.3 Å². The van der Waals surface area contributed by atoms with Gasteiger partial charge in [0, 0.05) is 12.0 Å². The Kier molecular flexibility index (Phi) is 3.69. The summed E-state index contributed by atoms with van der Waals surface area (Å²) in [6, 6.07) is 3.94.